The Hall–Kier alpha value is -0.0900. The van der Waals surface area contributed by atoms with Crippen LogP contribution in [0.5, 0.6) is 0 Å². The molecule has 0 aliphatic carbocycles. The molecule has 1 aliphatic rings. The highest BCUT2D eigenvalue weighted by molar-refractivity contribution is 7.10. The van der Waals surface area contributed by atoms with Crippen LogP contribution in [0.15, 0.2) is 11.4 Å². The fourth-order valence-electron chi connectivity index (χ4n) is 2.09. The molecule has 0 atom stereocenters. The summed E-state index contributed by atoms with van der Waals surface area (Å²) in [5.41, 5.74) is -0.684. The van der Waals surface area contributed by atoms with E-state index < -0.39 is 5.60 Å². The number of halogens is 1. The summed E-state index contributed by atoms with van der Waals surface area (Å²) in [7, 11) is 0. The van der Waals surface area contributed by atoms with Gasteiger partial charge in [-0.05, 0) is 30.8 Å². The van der Waals surface area contributed by atoms with Crippen molar-refractivity contribution in [3.05, 3.63) is 21.3 Å². The van der Waals surface area contributed by atoms with Crippen molar-refractivity contribution in [2.45, 2.75) is 25.4 Å². The van der Waals surface area contributed by atoms with Crippen molar-refractivity contribution < 1.29 is 5.11 Å². The molecule has 0 amide bonds. The van der Waals surface area contributed by atoms with Gasteiger partial charge in [0.2, 0.25) is 0 Å². The maximum Gasteiger partial charge on any atom is 0.103 e. The van der Waals surface area contributed by atoms with E-state index in [1.165, 1.54) is 0 Å². The van der Waals surface area contributed by atoms with Crippen LogP contribution < -0.4 is 0 Å². The van der Waals surface area contributed by atoms with Gasteiger partial charge in [0, 0.05) is 13.1 Å². The van der Waals surface area contributed by atoms with Crippen molar-refractivity contribution in [3.8, 4) is 0 Å². The number of thiophene rings is 1. The summed E-state index contributed by atoms with van der Waals surface area (Å²) in [6.45, 7) is 5.14. The lowest BCUT2D eigenvalue weighted by Gasteiger charge is -2.37. The summed E-state index contributed by atoms with van der Waals surface area (Å²) in [6.07, 6.45) is 1.59. The van der Waals surface area contributed by atoms with Crippen LogP contribution in [0.25, 0.3) is 0 Å². The molecule has 0 bridgehead atoms. The van der Waals surface area contributed by atoms with E-state index in [1.807, 2.05) is 11.4 Å². The van der Waals surface area contributed by atoms with Crippen molar-refractivity contribution >= 4 is 22.9 Å². The van der Waals surface area contributed by atoms with Crippen molar-refractivity contribution in [3.63, 3.8) is 0 Å². The second-order valence-corrected chi connectivity index (χ2v) is 5.39. The Morgan fingerprint density at radius 1 is 1.53 bits per heavy atom. The summed E-state index contributed by atoms with van der Waals surface area (Å²) < 4.78 is 0. The number of hydrogen-bond donors (Lipinski definition) is 1. The molecule has 84 valence electrons. The van der Waals surface area contributed by atoms with E-state index in [0.29, 0.717) is 5.02 Å². The molecule has 2 heterocycles. The predicted octanol–water partition coefficient (Wildman–Crippen LogP) is 2.70. The zero-order valence-electron chi connectivity index (χ0n) is 8.87. The van der Waals surface area contributed by atoms with E-state index in [9.17, 15) is 5.11 Å². The van der Waals surface area contributed by atoms with Gasteiger partial charge in [0.25, 0.3) is 0 Å². The number of nitrogens with zero attached hydrogens (tertiary/aromatic N) is 1. The molecule has 0 aromatic carbocycles. The van der Waals surface area contributed by atoms with Gasteiger partial charge >= 0.3 is 0 Å². The number of piperidine rings is 1. The Morgan fingerprint density at radius 2 is 2.20 bits per heavy atom. The van der Waals surface area contributed by atoms with Crippen LogP contribution in [-0.4, -0.2) is 29.6 Å². The molecule has 0 spiro atoms. The van der Waals surface area contributed by atoms with Crippen molar-refractivity contribution in [2.24, 2.45) is 0 Å². The van der Waals surface area contributed by atoms with E-state index in [0.717, 1.165) is 37.4 Å². The van der Waals surface area contributed by atoms with Crippen LogP contribution in [0.3, 0.4) is 0 Å². The largest absolute Gasteiger partial charge is 0.384 e. The highest BCUT2D eigenvalue weighted by Crippen LogP contribution is 2.39. The Kier molecular flexibility index (Phi) is 3.36. The first-order valence-electron chi connectivity index (χ1n) is 5.34. The third-order valence-electron chi connectivity index (χ3n) is 3.17. The summed E-state index contributed by atoms with van der Waals surface area (Å²) in [5.74, 6) is 0. The van der Waals surface area contributed by atoms with Crippen LogP contribution in [0, 0.1) is 0 Å². The van der Waals surface area contributed by atoms with Crippen LogP contribution in [0.2, 0.25) is 5.02 Å². The summed E-state index contributed by atoms with van der Waals surface area (Å²) >= 11 is 7.63. The van der Waals surface area contributed by atoms with Gasteiger partial charge in [0.15, 0.2) is 0 Å². The number of rotatable bonds is 2. The second-order valence-electron chi connectivity index (χ2n) is 4.06. The summed E-state index contributed by atoms with van der Waals surface area (Å²) in [6, 6.07) is 1.87. The number of aliphatic hydroxyl groups is 1. The van der Waals surface area contributed by atoms with Crippen LogP contribution in [0.1, 0.15) is 24.6 Å². The average molecular weight is 246 g/mol. The second kappa shape index (κ2) is 4.42. The lowest BCUT2D eigenvalue weighted by atomic mass is 9.90. The molecule has 1 aromatic rings. The molecular formula is C11H16ClNOS. The Morgan fingerprint density at radius 3 is 2.67 bits per heavy atom. The minimum absolute atomic E-state index is 0.684. The number of likely N-dealkylation sites (tertiary alicyclic amines) is 1. The van der Waals surface area contributed by atoms with Crippen molar-refractivity contribution in [1.29, 1.82) is 0 Å². The minimum Gasteiger partial charge on any atom is -0.384 e. The highest BCUT2D eigenvalue weighted by Gasteiger charge is 2.35. The fourth-order valence-corrected chi connectivity index (χ4v) is 3.48. The molecule has 15 heavy (non-hydrogen) atoms. The Labute approximate surface area is 99.5 Å². The minimum atomic E-state index is -0.684. The smallest absolute Gasteiger partial charge is 0.103 e. The zero-order chi connectivity index (χ0) is 10.9. The molecule has 0 saturated carbocycles. The van der Waals surface area contributed by atoms with E-state index in [2.05, 4.69) is 11.8 Å². The van der Waals surface area contributed by atoms with E-state index in [1.54, 1.807) is 11.3 Å². The van der Waals surface area contributed by atoms with E-state index >= 15 is 0 Å². The van der Waals surface area contributed by atoms with Gasteiger partial charge in [-0.25, -0.2) is 0 Å². The zero-order valence-corrected chi connectivity index (χ0v) is 10.4. The van der Waals surface area contributed by atoms with Crippen molar-refractivity contribution in [1.82, 2.24) is 4.90 Å². The van der Waals surface area contributed by atoms with Gasteiger partial charge in [0.1, 0.15) is 5.60 Å². The molecule has 1 fully saturated rings. The van der Waals surface area contributed by atoms with Crippen LogP contribution >= 0.6 is 22.9 Å². The lowest BCUT2D eigenvalue weighted by Crippen LogP contribution is -2.42. The molecule has 0 radical (unpaired) electrons. The monoisotopic (exact) mass is 245 g/mol. The molecule has 1 saturated heterocycles. The van der Waals surface area contributed by atoms with Gasteiger partial charge in [-0.1, -0.05) is 18.5 Å². The predicted molar refractivity (Wildman–Crippen MR) is 64.6 cm³/mol. The highest BCUT2D eigenvalue weighted by atomic mass is 35.5. The first kappa shape index (κ1) is 11.4. The van der Waals surface area contributed by atoms with Gasteiger partial charge in [-0.15, -0.1) is 11.3 Å². The Balaban J connectivity index is 2.13. The molecule has 2 rings (SSSR count). The van der Waals surface area contributed by atoms with Gasteiger partial charge in [0.05, 0.1) is 9.90 Å². The average Bonchev–Trinajstić information content (AvgIpc) is 2.66. The van der Waals surface area contributed by atoms with Crippen LogP contribution in [-0.2, 0) is 5.60 Å². The normalized spacial score (nSPS) is 21.8. The maximum atomic E-state index is 10.5. The molecular weight excluding hydrogens is 230 g/mol. The Bertz CT molecular complexity index is 331. The standard InChI is InChI=1S/C11H16ClNOS/c1-2-13-6-4-11(14,5-7-13)10-9(12)3-8-15-10/h3,8,14H,2,4-7H2,1H3. The summed E-state index contributed by atoms with van der Waals surface area (Å²) in [4.78, 5) is 3.30. The van der Waals surface area contributed by atoms with Crippen LogP contribution in [0.4, 0.5) is 0 Å². The molecule has 2 nitrogen and oxygen atoms in total. The van der Waals surface area contributed by atoms with Crippen molar-refractivity contribution in [2.75, 3.05) is 19.6 Å². The van der Waals surface area contributed by atoms with Gasteiger partial charge in [-0.3, -0.25) is 0 Å². The molecule has 1 aromatic heterocycles. The lowest BCUT2D eigenvalue weighted by molar-refractivity contribution is -0.0216. The first-order chi connectivity index (χ1) is 7.15. The molecule has 1 aliphatic heterocycles. The third kappa shape index (κ3) is 2.21. The summed E-state index contributed by atoms with van der Waals surface area (Å²) in [5, 5.41) is 13.2. The molecule has 4 heteroatoms. The first-order valence-corrected chi connectivity index (χ1v) is 6.59. The maximum absolute atomic E-state index is 10.5. The fraction of sp³-hybridized carbons (Fsp3) is 0.636. The van der Waals surface area contributed by atoms with Gasteiger partial charge in [-0.2, -0.15) is 0 Å². The quantitative estimate of drug-likeness (QED) is 0.866. The van der Waals surface area contributed by atoms with E-state index in [4.69, 9.17) is 11.6 Å². The molecule has 0 unspecified atom stereocenters. The molecule has 1 N–H and O–H groups in total. The number of hydrogen-bond acceptors (Lipinski definition) is 3. The van der Waals surface area contributed by atoms with Gasteiger partial charge < -0.3 is 10.0 Å². The van der Waals surface area contributed by atoms with E-state index in [-0.39, 0.29) is 0 Å². The SMILES string of the molecule is CCN1CCC(O)(c2sccc2Cl)CC1. The topological polar surface area (TPSA) is 23.5 Å². The third-order valence-corrected chi connectivity index (χ3v) is 4.71.